The SMILES string of the molecule is CCOC(=O)C1C(c2cccc3c2OCCO3)CNC1c1ccc(OC)cc1. The fourth-order valence-electron chi connectivity index (χ4n) is 4.11. The number of ether oxygens (including phenoxy) is 4. The van der Waals surface area contributed by atoms with Crippen LogP contribution in [-0.4, -0.2) is 39.4 Å². The third-order valence-corrected chi connectivity index (χ3v) is 5.38. The van der Waals surface area contributed by atoms with Gasteiger partial charge in [-0.1, -0.05) is 24.3 Å². The minimum atomic E-state index is -0.356. The zero-order chi connectivity index (χ0) is 19.5. The van der Waals surface area contributed by atoms with Crippen LogP contribution in [-0.2, 0) is 9.53 Å². The molecular weight excluding hydrogens is 358 g/mol. The molecule has 3 unspecified atom stereocenters. The van der Waals surface area contributed by atoms with Gasteiger partial charge in [0.15, 0.2) is 11.5 Å². The van der Waals surface area contributed by atoms with Crippen molar-refractivity contribution < 1.29 is 23.7 Å². The molecule has 2 aromatic rings. The molecule has 0 bridgehead atoms. The maximum absolute atomic E-state index is 12.9. The van der Waals surface area contributed by atoms with Gasteiger partial charge in [-0.2, -0.15) is 0 Å². The number of esters is 1. The van der Waals surface area contributed by atoms with E-state index in [1.54, 1.807) is 7.11 Å². The molecule has 1 fully saturated rings. The maximum Gasteiger partial charge on any atom is 0.311 e. The van der Waals surface area contributed by atoms with Gasteiger partial charge in [0.1, 0.15) is 19.0 Å². The number of nitrogens with one attached hydrogen (secondary N) is 1. The number of hydrogen-bond donors (Lipinski definition) is 1. The van der Waals surface area contributed by atoms with E-state index in [-0.39, 0.29) is 23.8 Å². The normalized spacial score (nSPS) is 23.3. The summed E-state index contributed by atoms with van der Waals surface area (Å²) in [5, 5.41) is 3.52. The van der Waals surface area contributed by atoms with Gasteiger partial charge in [0, 0.05) is 24.1 Å². The summed E-state index contributed by atoms with van der Waals surface area (Å²) in [4.78, 5) is 12.9. The molecule has 148 valence electrons. The summed E-state index contributed by atoms with van der Waals surface area (Å²) in [6, 6.07) is 13.5. The molecule has 2 aromatic carbocycles. The topological polar surface area (TPSA) is 66.0 Å². The molecule has 3 atom stereocenters. The van der Waals surface area contributed by atoms with E-state index in [0.717, 1.165) is 28.4 Å². The summed E-state index contributed by atoms with van der Waals surface area (Å²) >= 11 is 0. The maximum atomic E-state index is 12.9. The summed E-state index contributed by atoms with van der Waals surface area (Å²) in [5.41, 5.74) is 2.02. The molecule has 2 heterocycles. The van der Waals surface area contributed by atoms with Gasteiger partial charge in [0.2, 0.25) is 0 Å². The van der Waals surface area contributed by atoms with Crippen LogP contribution in [0.25, 0.3) is 0 Å². The van der Waals surface area contributed by atoms with Crippen molar-refractivity contribution in [3.8, 4) is 17.2 Å². The lowest BCUT2D eigenvalue weighted by molar-refractivity contribution is -0.148. The van der Waals surface area contributed by atoms with Gasteiger partial charge in [-0.3, -0.25) is 4.79 Å². The number of benzene rings is 2. The molecule has 0 amide bonds. The fraction of sp³-hybridized carbons (Fsp3) is 0.409. The largest absolute Gasteiger partial charge is 0.497 e. The Hall–Kier alpha value is -2.73. The van der Waals surface area contributed by atoms with Crippen molar-refractivity contribution in [3.63, 3.8) is 0 Å². The van der Waals surface area contributed by atoms with E-state index in [1.807, 2.05) is 49.4 Å². The van der Waals surface area contributed by atoms with Gasteiger partial charge in [-0.05, 0) is 30.7 Å². The van der Waals surface area contributed by atoms with E-state index in [9.17, 15) is 4.79 Å². The van der Waals surface area contributed by atoms with E-state index < -0.39 is 0 Å². The Kier molecular flexibility index (Phi) is 5.39. The highest BCUT2D eigenvalue weighted by Crippen LogP contribution is 2.46. The third kappa shape index (κ3) is 3.40. The van der Waals surface area contributed by atoms with Crippen molar-refractivity contribution in [2.45, 2.75) is 18.9 Å². The Morgan fingerprint density at radius 3 is 2.68 bits per heavy atom. The van der Waals surface area contributed by atoms with Crippen LogP contribution in [0.1, 0.15) is 30.0 Å². The summed E-state index contributed by atoms with van der Waals surface area (Å²) in [7, 11) is 1.64. The molecular formula is C22H25NO5. The molecule has 6 heteroatoms. The van der Waals surface area contributed by atoms with E-state index in [4.69, 9.17) is 18.9 Å². The average molecular weight is 383 g/mol. The van der Waals surface area contributed by atoms with Crippen molar-refractivity contribution in [2.24, 2.45) is 5.92 Å². The zero-order valence-electron chi connectivity index (χ0n) is 16.1. The van der Waals surface area contributed by atoms with Crippen molar-refractivity contribution in [1.29, 1.82) is 0 Å². The van der Waals surface area contributed by atoms with Crippen molar-refractivity contribution in [2.75, 3.05) is 33.5 Å². The zero-order valence-corrected chi connectivity index (χ0v) is 16.1. The summed E-state index contributed by atoms with van der Waals surface area (Å²) in [5.74, 6) is 1.64. The van der Waals surface area contributed by atoms with Crippen molar-refractivity contribution in [1.82, 2.24) is 5.32 Å². The highest BCUT2D eigenvalue weighted by atomic mass is 16.6. The van der Waals surface area contributed by atoms with E-state index >= 15 is 0 Å². The molecule has 1 saturated heterocycles. The van der Waals surface area contributed by atoms with Crippen LogP contribution in [0.5, 0.6) is 17.2 Å². The van der Waals surface area contributed by atoms with Crippen molar-refractivity contribution in [3.05, 3.63) is 53.6 Å². The molecule has 0 spiro atoms. The van der Waals surface area contributed by atoms with Crippen LogP contribution in [0.4, 0.5) is 0 Å². The number of rotatable bonds is 5. The number of fused-ring (bicyclic) bond motifs is 1. The molecule has 4 rings (SSSR count). The van der Waals surface area contributed by atoms with Gasteiger partial charge >= 0.3 is 5.97 Å². The summed E-state index contributed by atoms with van der Waals surface area (Å²) in [6.07, 6.45) is 0. The summed E-state index contributed by atoms with van der Waals surface area (Å²) in [6.45, 7) is 3.88. The van der Waals surface area contributed by atoms with Gasteiger partial charge in [0.05, 0.1) is 19.6 Å². The monoisotopic (exact) mass is 383 g/mol. The first-order valence-electron chi connectivity index (χ1n) is 9.65. The van der Waals surface area contributed by atoms with Gasteiger partial charge in [-0.15, -0.1) is 0 Å². The molecule has 1 N–H and O–H groups in total. The highest BCUT2D eigenvalue weighted by Gasteiger charge is 2.44. The molecule has 0 aromatic heterocycles. The first-order valence-corrected chi connectivity index (χ1v) is 9.65. The second-order valence-corrected chi connectivity index (χ2v) is 6.91. The van der Waals surface area contributed by atoms with Crippen LogP contribution >= 0.6 is 0 Å². The first-order chi connectivity index (χ1) is 13.7. The van der Waals surface area contributed by atoms with Crippen LogP contribution in [0, 0.1) is 5.92 Å². The quantitative estimate of drug-likeness (QED) is 0.801. The minimum Gasteiger partial charge on any atom is -0.497 e. The second kappa shape index (κ2) is 8.10. The second-order valence-electron chi connectivity index (χ2n) is 6.91. The highest BCUT2D eigenvalue weighted by molar-refractivity contribution is 5.76. The Bertz CT molecular complexity index is 835. The van der Waals surface area contributed by atoms with Crippen LogP contribution in [0.15, 0.2) is 42.5 Å². The smallest absolute Gasteiger partial charge is 0.311 e. The van der Waals surface area contributed by atoms with Crippen LogP contribution in [0.2, 0.25) is 0 Å². The first kappa shape index (κ1) is 18.6. The molecule has 0 saturated carbocycles. The van der Waals surface area contributed by atoms with Crippen molar-refractivity contribution >= 4 is 5.97 Å². The standard InChI is InChI=1S/C22H25NO5/c1-3-26-22(24)19-17(16-5-4-6-18-21(16)28-12-11-27-18)13-23-20(19)14-7-9-15(25-2)10-8-14/h4-10,17,19-20,23H,3,11-13H2,1-2H3. The molecule has 28 heavy (non-hydrogen) atoms. The average Bonchev–Trinajstić information content (AvgIpc) is 3.18. The summed E-state index contributed by atoms with van der Waals surface area (Å²) < 4.78 is 22.3. The molecule has 2 aliphatic heterocycles. The van der Waals surface area contributed by atoms with Gasteiger partial charge in [0.25, 0.3) is 0 Å². The van der Waals surface area contributed by atoms with Gasteiger partial charge in [-0.25, -0.2) is 0 Å². The Labute approximate surface area is 164 Å². The van der Waals surface area contributed by atoms with E-state index in [0.29, 0.717) is 26.4 Å². The lowest BCUT2D eigenvalue weighted by atomic mass is 9.82. The number of hydrogen-bond acceptors (Lipinski definition) is 6. The molecule has 0 radical (unpaired) electrons. The van der Waals surface area contributed by atoms with Crippen LogP contribution in [0.3, 0.4) is 0 Å². The predicted octanol–water partition coefficient (Wildman–Crippen LogP) is 3.07. The Balaban J connectivity index is 1.70. The number of carbonyl (C=O) groups excluding carboxylic acids is 1. The Morgan fingerprint density at radius 2 is 1.93 bits per heavy atom. The van der Waals surface area contributed by atoms with Gasteiger partial charge < -0.3 is 24.3 Å². The predicted molar refractivity (Wildman–Crippen MR) is 104 cm³/mol. The fourth-order valence-corrected chi connectivity index (χ4v) is 4.11. The number of carbonyl (C=O) groups is 1. The van der Waals surface area contributed by atoms with Crippen LogP contribution < -0.4 is 19.5 Å². The lowest BCUT2D eigenvalue weighted by Crippen LogP contribution is -2.28. The van der Waals surface area contributed by atoms with E-state index in [2.05, 4.69) is 5.32 Å². The molecule has 0 aliphatic carbocycles. The molecule has 2 aliphatic rings. The number of methoxy groups -OCH3 is 1. The third-order valence-electron chi connectivity index (χ3n) is 5.38. The lowest BCUT2D eigenvalue weighted by Gasteiger charge is -2.27. The Morgan fingerprint density at radius 1 is 1.14 bits per heavy atom. The number of para-hydroxylation sites is 1. The minimum absolute atomic E-state index is 0.0669. The molecule has 6 nitrogen and oxygen atoms in total. The van der Waals surface area contributed by atoms with E-state index in [1.165, 1.54) is 0 Å².